The maximum Gasteiger partial charge on any atom is 0.0506 e. The molecule has 4 heteroatoms. The molecule has 0 aliphatic carbocycles. The minimum Gasteiger partial charge on any atom is -0.381 e. The van der Waals surface area contributed by atoms with Crippen LogP contribution in [-0.4, -0.2) is 30.8 Å². The van der Waals surface area contributed by atoms with Crippen molar-refractivity contribution in [3.63, 3.8) is 0 Å². The number of benzene rings is 1. The van der Waals surface area contributed by atoms with E-state index < -0.39 is 0 Å². The summed E-state index contributed by atoms with van der Waals surface area (Å²) in [5.41, 5.74) is 2.58. The highest BCUT2D eigenvalue weighted by Gasteiger charge is 2.21. The van der Waals surface area contributed by atoms with Crippen LogP contribution in [0.3, 0.4) is 0 Å². The van der Waals surface area contributed by atoms with Gasteiger partial charge in [-0.05, 0) is 43.0 Å². The number of fused-ring (bicyclic) bond motifs is 1. The van der Waals surface area contributed by atoms with Crippen molar-refractivity contribution in [3.8, 4) is 0 Å². The van der Waals surface area contributed by atoms with E-state index in [9.17, 15) is 0 Å². The quantitative estimate of drug-likeness (QED) is 0.896. The molecular weight excluding hydrogens is 316 g/mol. The number of rotatable bonds is 4. The fraction of sp³-hybridized carbons (Fsp3) is 0.500. The lowest BCUT2D eigenvalue weighted by Gasteiger charge is -2.29. The summed E-state index contributed by atoms with van der Waals surface area (Å²) in [4.78, 5) is 3.35. The van der Waals surface area contributed by atoms with Crippen LogP contribution in [-0.2, 0) is 11.2 Å². The number of aromatic nitrogens is 1. The van der Waals surface area contributed by atoms with E-state index in [0.717, 1.165) is 32.6 Å². The van der Waals surface area contributed by atoms with Gasteiger partial charge in [0.15, 0.2) is 0 Å². The molecule has 3 rings (SSSR count). The van der Waals surface area contributed by atoms with Crippen LogP contribution in [0.25, 0.3) is 10.9 Å². The Morgan fingerprint density at radius 1 is 1.45 bits per heavy atom. The number of halogens is 1. The number of hydrogen-bond donors (Lipinski definition) is 2. The summed E-state index contributed by atoms with van der Waals surface area (Å²) in [6, 6.07) is 6.89. The van der Waals surface area contributed by atoms with Gasteiger partial charge in [-0.2, -0.15) is 0 Å². The van der Waals surface area contributed by atoms with E-state index in [0.29, 0.717) is 12.0 Å². The van der Waals surface area contributed by atoms with Crippen LogP contribution < -0.4 is 5.32 Å². The van der Waals surface area contributed by atoms with Gasteiger partial charge in [-0.25, -0.2) is 0 Å². The molecule has 0 spiro atoms. The van der Waals surface area contributed by atoms with Gasteiger partial charge >= 0.3 is 0 Å². The largest absolute Gasteiger partial charge is 0.381 e. The third-order valence-electron chi connectivity index (χ3n) is 4.18. The molecule has 1 fully saturated rings. The molecule has 2 atom stereocenters. The van der Waals surface area contributed by atoms with Crippen molar-refractivity contribution >= 4 is 26.8 Å². The molecule has 2 unspecified atom stereocenters. The molecule has 1 aliphatic rings. The molecule has 0 bridgehead atoms. The number of H-pyrrole nitrogens is 1. The number of nitrogens with one attached hydrogen (secondary N) is 2. The maximum absolute atomic E-state index is 5.49. The lowest BCUT2D eigenvalue weighted by molar-refractivity contribution is 0.0393. The van der Waals surface area contributed by atoms with Crippen molar-refractivity contribution in [3.05, 3.63) is 34.4 Å². The molecule has 0 saturated carbocycles. The molecule has 108 valence electrons. The molecule has 1 aromatic heterocycles. The zero-order chi connectivity index (χ0) is 13.9. The second-order valence-electron chi connectivity index (χ2n) is 5.63. The summed E-state index contributed by atoms with van der Waals surface area (Å²) in [5, 5.41) is 5.00. The van der Waals surface area contributed by atoms with Crippen molar-refractivity contribution in [2.24, 2.45) is 5.92 Å². The molecule has 3 nitrogen and oxygen atoms in total. The van der Waals surface area contributed by atoms with Crippen LogP contribution in [0.15, 0.2) is 28.9 Å². The van der Waals surface area contributed by atoms with E-state index in [1.54, 1.807) is 0 Å². The van der Waals surface area contributed by atoms with Crippen LogP contribution >= 0.6 is 15.9 Å². The lowest BCUT2D eigenvalue weighted by Crippen LogP contribution is -2.42. The first-order chi connectivity index (χ1) is 9.75. The number of ether oxygens (including phenoxy) is 1. The van der Waals surface area contributed by atoms with Gasteiger partial charge in [0.1, 0.15) is 0 Å². The molecule has 1 aromatic carbocycles. The minimum atomic E-state index is 0.595. The molecule has 2 N–H and O–H groups in total. The minimum absolute atomic E-state index is 0.595. The van der Waals surface area contributed by atoms with Crippen molar-refractivity contribution in [2.45, 2.75) is 25.8 Å². The highest BCUT2D eigenvalue weighted by atomic mass is 79.9. The van der Waals surface area contributed by atoms with Crippen LogP contribution in [0.4, 0.5) is 0 Å². The molecule has 1 aliphatic heterocycles. The predicted molar refractivity (Wildman–Crippen MR) is 86.1 cm³/mol. The predicted octanol–water partition coefficient (Wildman–Crippen LogP) is 3.49. The summed E-state index contributed by atoms with van der Waals surface area (Å²) in [5.74, 6) is 0.610. The lowest BCUT2D eigenvalue weighted by atomic mass is 9.97. The summed E-state index contributed by atoms with van der Waals surface area (Å²) < 4.78 is 6.66. The van der Waals surface area contributed by atoms with E-state index in [-0.39, 0.29) is 0 Å². The van der Waals surface area contributed by atoms with Crippen molar-refractivity contribution in [1.82, 2.24) is 10.3 Å². The molecule has 0 radical (unpaired) electrons. The Morgan fingerprint density at radius 3 is 3.20 bits per heavy atom. The molecule has 20 heavy (non-hydrogen) atoms. The molecule has 1 saturated heterocycles. The average Bonchev–Trinajstić information content (AvgIpc) is 2.86. The monoisotopic (exact) mass is 336 g/mol. The smallest absolute Gasteiger partial charge is 0.0506 e. The third-order valence-corrected chi connectivity index (χ3v) is 4.84. The van der Waals surface area contributed by atoms with Gasteiger partial charge in [0.05, 0.1) is 6.61 Å². The van der Waals surface area contributed by atoms with Gasteiger partial charge in [0.2, 0.25) is 0 Å². The van der Waals surface area contributed by atoms with Gasteiger partial charge in [0.25, 0.3) is 0 Å². The van der Waals surface area contributed by atoms with Gasteiger partial charge in [0, 0.05) is 34.2 Å². The van der Waals surface area contributed by atoms with Crippen LogP contribution in [0.5, 0.6) is 0 Å². The first-order valence-corrected chi connectivity index (χ1v) is 8.10. The maximum atomic E-state index is 5.49. The molecule has 0 amide bonds. The highest BCUT2D eigenvalue weighted by Crippen LogP contribution is 2.27. The van der Waals surface area contributed by atoms with Crippen molar-refractivity contribution in [2.75, 3.05) is 19.8 Å². The number of hydrogen-bond acceptors (Lipinski definition) is 2. The molecule has 2 heterocycles. The summed E-state index contributed by atoms with van der Waals surface area (Å²) in [7, 11) is 0. The first-order valence-electron chi connectivity index (χ1n) is 7.31. The van der Waals surface area contributed by atoms with Crippen molar-refractivity contribution in [1.29, 1.82) is 0 Å². The standard InChI is InChI=1S/C16H21BrN2O/c1-11-10-20-8-6-14(11)18-7-5-12-9-19-15-4-2-3-13(17)16(12)15/h2-4,9,11,14,18-19H,5-8,10H2,1H3. The Bertz CT molecular complexity index is 581. The zero-order valence-electron chi connectivity index (χ0n) is 11.8. The fourth-order valence-electron chi connectivity index (χ4n) is 2.98. The van der Waals surface area contributed by atoms with E-state index in [1.165, 1.54) is 20.9 Å². The fourth-order valence-corrected chi connectivity index (χ4v) is 3.60. The normalized spacial score (nSPS) is 23.3. The van der Waals surface area contributed by atoms with Gasteiger partial charge in [-0.3, -0.25) is 0 Å². The molecular formula is C16H21BrN2O. The van der Waals surface area contributed by atoms with Crippen molar-refractivity contribution < 1.29 is 4.74 Å². The molecule has 2 aromatic rings. The van der Waals surface area contributed by atoms with Crippen LogP contribution in [0, 0.1) is 5.92 Å². The Morgan fingerprint density at radius 2 is 2.35 bits per heavy atom. The van der Waals surface area contributed by atoms with Gasteiger partial charge in [-0.1, -0.05) is 28.9 Å². The van der Waals surface area contributed by atoms with Crippen LogP contribution in [0.1, 0.15) is 18.9 Å². The Hall–Kier alpha value is -0.840. The van der Waals surface area contributed by atoms with E-state index in [2.05, 4.69) is 57.6 Å². The highest BCUT2D eigenvalue weighted by molar-refractivity contribution is 9.10. The third kappa shape index (κ3) is 2.92. The summed E-state index contributed by atoms with van der Waals surface area (Å²) >= 11 is 3.65. The Balaban J connectivity index is 1.62. The topological polar surface area (TPSA) is 37.0 Å². The van der Waals surface area contributed by atoms with E-state index in [1.807, 2.05) is 0 Å². The number of aromatic amines is 1. The van der Waals surface area contributed by atoms with Gasteiger partial charge in [-0.15, -0.1) is 0 Å². The second-order valence-corrected chi connectivity index (χ2v) is 6.48. The van der Waals surface area contributed by atoms with E-state index >= 15 is 0 Å². The SMILES string of the molecule is CC1COCCC1NCCc1c[nH]c2cccc(Br)c12. The Kier molecular flexibility index (Phi) is 4.44. The first kappa shape index (κ1) is 14.1. The van der Waals surface area contributed by atoms with E-state index in [4.69, 9.17) is 4.74 Å². The summed E-state index contributed by atoms with van der Waals surface area (Å²) in [6.07, 6.45) is 4.30. The second kappa shape index (κ2) is 6.29. The summed E-state index contributed by atoms with van der Waals surface area (Å²) in [6.45, 7) is 5.05. The van der Waals surface area contributed by atoms with Gasteiger partial charge < -0.3 is 15.0 Å². The average molecular weight is 337 g/mol. The van der Waals surface area contributed by atoms with Crippen LogP contribution in [0.2, 0.25) is 0 Å². The Labute approximate surface area is 128 Å². The zero-order valence-corrected chi connectivity index (χ0v) is 13.4.